The molecular weight excluding hydrogens is 366 g/mol. The Morgan fingerprint density at radius 3 is 2.28 bits per heavy atom. The summed E-state index contributed by atoms with van der Waals surface area (Å²) in [5.74, 6) is 0.136. The molecule has 154 valence electrons. The van der Waals surface area contributed by atoms with Crippen LogP contribution in [0.1, 0.15) is 63.2 Å². The third-order valence-corrected chi connectivity index (χ3v) is 5.87. The summed E-state index contributed by atoms with van der Waals surface area (Å²) >= 11 is 0. The second-order valence-electron chi connectivity index (χ2n) is 9.16. The van der Waals surface area contributed by atoms with Crippen LogP contribution >= 0.6 is 0 Å². The van der Waals surface area contributed by atoms with Gasteiger partial charge < -0.3 is 9.64 Å². The Hall–Kier alpha value is -2.63. The Bertz CT molecular complexity index is 854. The number of ketones is 1. The first-order chi connectivity index (χ1) is 13.8. The first-order valence-corrected chi connectivity index (χ1v) is 10.5. The quantitative estimate of drug-likeness (QED) is 0.711. The maximum atomic E-state index is 13.2. The molecule has 3 heterocycles. The molecule has 0 saturated carbocycles. The smallest absolute Gasteiger partial charge is 0.410 e. The second kappa shape index (κ2) is 7.65. The molecule has 1 aromatic carbocycles. The Balaban J connectivity index is 1.47. The molecule has 2 fully saturated rings. The molecule has 2 atom stereocenters. The van der Waals surface area contributed by atoms with Crippen LogP contribution in [0.25, 0.3) is 5.69 Å². The van der Waals surface area contributed by atoms with Crippen molar-refractivity contribution in [3.05, 3.63) is 48.3 Å². The lowest BCUT2D eigenvalue weighted by Crippen LogP contribution is -2.56. The minimum absolute atomic E-state index is 0.0421. The van der Waals surface area contributed by atoms with E-state index in [9.17, 15) is 9.59 Å². The van der Waals surface area contributed by atoms with Crippen molar-refractivity contribution in [1.29, 1.82) is 0 Å². The van der Waals surface area contributed by atoms with Crippen LogP contribution in [0.15, 0.2) is 42.7 Å². The number of amides is 1. The Kier molecular flexibility index (Phi) is 5.19. The minimum atomic E-state index is -0.506. The summed E-state index contributed by atoms with van der Waals surface area (Å²) in [5, 5.41) is 4.22. The SMILES string of the molecule is CC(C)(C)OC(=O)N1C2CCCC1CC(C(=O)c1ccc(-n3cccn3)cc1)C2. The molecule has 29 heavy (non-hydrogen) atoms. The van der Waals surface area contributed by atoms with Gasteiger partial charge in [-0.1, -0.05) is 0 Å². The van der Waals surface area contributed by atoms with Crippen LogP contribution in [0, 0.1) is 5.92 Å². The Labute approximate surface area is 171 Å². The third-order valence-electron chi connectivity index (χ3n) is 5.87. The van der Waals surface area contributed by atoms with Crippen molar-refractivity contribution in [2.24, 2.45) is 5.92 Å². The van der Waals surface area contributed by atoms with E-state index < -0.39 is 5.60 Å². The predicted octanol–water partition coefficient (Wildman–Crippen LogP) is 4.62. The number of aromatic nitrogens is 2. The molecule has 2 aromatic rings. The molecule has 2 saturated heterocycles. The molecule has 1 aromatic heterocycles. The zero-order valence-corrected chi connectivity index (χ0v) is 17.4. The fraction of sp³-hybridized carbons (Fsp3) is 0.522. The van der Waals surface area contributed by atoms with Crippen LogP contribution in [0.5, 0.6) is 0 Å². The zero-order valence-electron chi connectivity index (χ0n) is 17.4. The second-order valence-corrected chi connectivity index (χ2v) is 9.16. The van der Waals surface area contributed by atoms with Gasteiger partial charge in [-0.3, -0.25) is 4.79 Å². The van der Waals surface area contributed by atoms with Crippen LogP contribution in [0.3, 0.4) is 0 Å². The van der Waals surface area contributed by atoms with Crippen molar-refractivity contribution >= 4 is 11.9 Å². The summed E-state index contributed by atoms with van der Waals surface area (Å²) < 4.78 is 7.41. The normalized spacial score (nSPS) is 24.2. The van der Waals surface area contributed by atoms with E-state index in [2.05, 4.69) is 5.10 Å². The van der Waals surface area contributed by atoms with Gasteiger partial charge in [-0.15, -0.1) is 0 Å². The fourth-order valence-corrected chi connectivity index (χ4v) is 4.64. The molecule has 0 aliphatic carbocycles. The van der Waals surface area contributed by atoms with Crippen molar-refractivity contribution < 1.29 is 14.3 Å². The number of hydrogen-bond donors (Lipinski definition) is 0. The van der Waals surface area contributed by atoms with E-state index in [1.165, 1.54) is 0 Å². The van der Waals surface area contributed by atoms with Crippen LogP contribution < -0.4 is 0 Å². The average molecular weight is 396 g/mol. The topological polar surface area (TPSA) is 64.4 Å². The van der Waals surface area contributed by atoms with Crippen molar-refractivity contribution in [3.8, 4) is 5.69 Å². The van der Waals surface area contributed by atoms with Gasteiger partial charge in [0.15, 0.2) is 5.78 Å². The first kappa shape index (κ1) is 19.7. The summed E-state index contributed by atoms with van der Waals surface area (Å²) in [5.41, 5.74) is 1.16. The van der Waals surface area contributed by atoms with E-state index in [4.69, 9.17) is 4.74 Å². The molecule has 6 nitrogen and oxygen atoms in total. The van der Waals surface area contributed by atoms with Crippen LogP contribution in [0.2, 0.25) is 0 Å². The number of hydrogen-bond acceptors (Lipinski definition) is 4. The number of carbonyl (C=O) groups is 2. The largest absolute Gasteiger partial charge is 0.444 e. The van der Waals surface area contributed by atoms with Crippen LogP contribution in [-0.2, 0) is 4.74 Å². The van der Waals surface area contributed by atoms with Crippen LogP contribution in [0.4, 0.5) is 4.79 Å². The predicted molar refractivity (Wildman–Crippen MR) is 110 cm³/mol. The molecule has 0 N–H and O–H groups in total. The number of rotatable bonds is 3. The lowest BCUT2D eigenvalue weighted by Gasteiger charge is -2.48. The monoisotopic (exact) mass is 395 g/mol. The lowest BCUT2D eigenvalue weighted by atomic mass is 9.76. The van der Waals surface area contributed by atoms with Gasteiger partial charge in [-0.05, 0) is 83.2 Å². The Morgan fingerprint density at radius 2 is 1.72 bits per heavy atom. The first-order valence-electron chi connectivity index (χ1n) is 10.5. The van der Waals surface area contributed by atoms with Crippen molar-refractivity contribution in [2.75, 3.05) is 0 Å². The zero-order chi connectivity index (χ0) is 20.6. The molecule has 0 spiro atoms. The fourth-order valence-electron chi connectivity index (χ4n) is 4.64. The van der Waals surface area contributed by atoms with Gasteiger partial charge >= 0.3 is 6.09 Å². The molecule has 1 amide bonds. The number of carbonyl (C=O) groups excluding carboxylic acids is 2. The highest BCUT2D eigenvalue weighted by molar-refractivity contribution is 5.98. The van der Waals surface area contributed by atoms with E-state index >= 15 is 0 Å². The molecule has 6 heteroatoms. The molecule has 2 unspecified atom stereocenters. The maximum absolute atomic E-state index is 13.2. The molecule has 4 rings (SSSR count). The summed E-state index contributed by atoms with van der Waals surface area (Å²) in [4.78, 5) is 27.8. The van der Waals surface area contributed by atoms with Gasteiger partial charge in [0.25, 0.3) is 0 Å². The minimum Gasteiger partial charge on any atom is -0.444 e. The number of ether oxygens (including phenoxy) is 1. The van der Waals surface area contributed by atoms with Crippen molar-refractivity contribution in [3.63, 3.8) is 0 Å². The lowest BCUT2D eigenvalue weighted by molar-refractivity contribution is -0.0260. The summed E-state index contributed by atoms with van der Waals surface area (Å²) in [6.45, 7) is 5.68. The van der Waals surface area contributed by atoms with Gasteiger partial charge in [0, 0.05) is 36.0 Å². The van der Waals surface area contributed by atoms with Gasteiger partial charge in [-0.25, -0.2) is 9.48 Å². The van der Waals surface area contributed by atoms with E-state index in [-0.39, 0.29) is 29.9 Å². The highest BCUT2D eigenvalue weighted by atomic mass is 16.6. The highest BCUT2D eigenvalue weighted by Crippen LogP contribution is 2.39. The number of fused-ring (bicyclic) bond motifs is 2. The van der Waals surface area contributed by atoms with E-state index in [1.54, 1.807) is 10.9 Å². The van der Waals surface area contributed by atoms with Gasteiger partial charge in [0.1, 0.15) is 5.60 Å². The highest BCUT2D eigenvalue weighted by Gasteiger charge is 2.44. The number of benzene rings is 1. The summed E-state index contributed by atoms with van der Waals surface area (Å²) in [7, 11) is 0. The van der Waals surface area contributed by atoms with Gasteiger partial charge in [0.2, 0.25) is 0 Å². The van der Waals surface area contributed by atoms with Gasteiger partial charge in [0.05, 0.1) is 5.69 Å². The van der Waals surface area contributed by atoms with E-state index in [1.807, 2.05) is 62.2 Å². The molecular formula is C23H29N3O3. The third kappa shape index (κ3) is 4.21. The molecule has 2 bridgehead atoms. The Morgan fingerprint density at radius 1 is 1.07 bits per heavy atom. The van der Waals surface area contributed by atoms with E-state index in [0.29, 0.717) is 0 Å². The molecule has 2 aliphatic heterocycles. The standard InChI is InChI=1S/C23H29N3O3/c1-23(2,3)29-22(28)26-19-6-4-7-20(26)15-17(14-19)21(27)16-8-10-18(11-9-16)25-13-5-12-24-25/h5,8-13,17,19-20H,4,6-7,14-15H2,1-3H3. The van der Waals surface area contributed by atoms with Gasteiger partial charge in [-0.2, -0.15) is 5.10 Å². The maximum Gasteiger partial charge on any atom is 0.410 e. The summed E-state index contributed by atoms with van der Waals surface area (Å²) in [6.07, 6.45) is 7.80. The number of piperidine rings is 2. The summed E-state index contributed by atoms with van der Waals surface area (Å²) in [6, 6.07) is 9.68. The number of Topliss-reactive ketones (excluding diaryl/α,β-unsaturated/α-hetero) is 1. The van der Waals surface area contributed by atoms with Crippen LogP contribution in [-0.4, -0.2) is 44.2 Å². The average Bonchev–Trinajstić information content (AvgIpc) is 3.20. The molecule has 2 aliphatic rings. The molecule has 0 radical (unpaired) electrons. The van der Waals surface area contributed by atoms with E-state index in [0.717, 1.165) is 43.4 Å². The van der Waals surface area contributed by atoms with Crippen molar-refractivity contribution in [2.45, 2.75) is 70.6 Å². The number of nitrogens with zero attached hydrogens (tertiary/aromatic N) is 3. The van der Waals surface area contributed by atoms with Crippen molar-refractivity contribution in [1.82, 2.24) is 14.7 Å².